The van der Waals surface area contributed by atoms with E-state index >= 15 is 0 Å². The molecule has 1 aliphatic heterocycles. The van der Waals surface area contributed by atoms with E-state index in [2.05, 4.69) is 6.08 Å². The fourth-order valence-corrected chi connectivity index (χ4v) is 2.77. The third-order valence-corrected chi connectivity index (χ3v) is 3.85. The van der Waals surface area contributed by atoms with Gasteiger partial charge in [0.25, 0.3) is 0 Å². The molecule has 0 spiro atoms. The SMILES string of the molecule is CC(C)(C)OC(=O)N1[C@@H](CC[C-]=Cc2ccccc2)COC1(C)C.[Li+]. The van der Waals surface area contributed by atoms with Gasteiger partial charge in [-0.15, -0.1) is 18.6 Å². The Morgan fingerprint density at radius 1 is 1.36 bits per heavy atom. The predicted octanol–water partition coefficient (Wildman–Crippen LogP) is 1.66. The molecule has 4 nitrogen and oxygen atoms in total. The van der Waals surface area contributed by atoms with Crippen LogP contribution in [-0.4, -0.2) is 35.0 Å². The summed E-state index contributed by atoms with van der Waals surface area (Å²) >= 11 is 0. The van der Waals surface area contributed by atoms with Crippen LogP contribution in [-0.2, 0) is 9.47 Å². The molecule has 0 bridgehead atoms. The third kappa shape index (κ3) is 6.55. The minimum absolute atomic E-state index is 0. The van der Waals surface area contributed by atoms with E-state index in [-0.39, 0.29) is 31.0 Å². The maximum Gasteiger partial charge on any atom is 1.00 e. The Hall–Kier alpha value is -1.21. The zero-order valence-corrected chi connectivity index (χ0v) is 16.3. The van der Waals surface area contributed by atoms with Gasteiger partial charge in [0.15, 0.2) is 0 Å². The van der Waals surface area contributed by atoms with E-state index < -0.39 is 11.3 Å². The minimum Gasteiger partial charge on any atom is -0.444 e. The average Bonchev–Trinajstić information content (AvgIpc) is 2.78. The van der Waals surface area contributed by atoms with E-state index in [4.69, 9.17) is 9.47 Å². The molecule has 1 fully saturated rings. The van der Waals surface area contributed by atoms with Crippen molar-refractivity contribution in [1.82, 2.24) is 4.90 Å². The number of carbonyl (C=O) groups excluding carboxylic acids is 1. The van der Waals surface area contributed by atoms with Crippen molar-refractivity contribution in [3.8, 4) is 0 Å². The number of ether oxygens (including phenoxy) is 2. The van der Waals surface area contributed by atoms with Crippen LogP contribution in [0.3, 0.4) is 0 Å². The first-order valence-electron chi connectivity index (χ1n) is 8.47. The maximum atomic E-state index is 12.5. The molecule has 0 saturated carbocycles. The molecule has 1 atom stereocenters. The van der Waals surface area contributed by atoms with E-state index in [0.29, 0.717) is 6.61 Å². The van der Waals surface area contributed by atoms with Gasteiger partial charge in [0.05, 0.1) is 12.6 Å². The fraction of sp³-hybridized carbons (Fsp3) is 0.550. The number of nitrogens with zero attached hydrogens (tertiary/aromatic N) is 1. The van der Waals surface area contributed by atoms with Crippen molar-refractivity contribution in [2.45, 2.75) is 64.8 Å². The van der Waals surface area contributed by atoms with Crippen LogP contribution in [0.2, 0.25) is 0 Å². The topological polar surface area (TPSA) is 38.8 Å². The van der Waals surface area contributed by atoms with Gasteiger partial charge < -0.3 is 9.47 Å². The Kier molecular flexibility index (Phi) is 7.80. The zero-order valence-electron chi connectivity index (χ0n) is 16.3. The molecule has 1 heterocycles. The molecule has 25 heavy (non-hydrogen) atoms. The number of allylic oxidation sites excluding steroid dienone is 1. The molecule has 0 aromatic heterocycles. The second kappa shape index (κ2) is 8.94. The Morgan fingerprint density at radius 3 is 2.60 bits per heavy atom. The molecule has 0 unspecified atom stereocenters. The molecule has 2 rings (SSSR count). The van der Waals surface area contributed by atoms with Crippen LogP contribution in [0.1, 0.15) is 53.0 Å². The van der Waals surface area contributed by atoms with Crippen LogP contribution in [0, 0.1) is 6.08 Å². The van der Waals surface area contributed by atoms with E-state index in [9.17, 15) is 4.79 Å². The standard InChI is InChI=1S/C20H28NO3.Li/c1-19(2,3)24-18(22)21-17(15-23-20(21,4)5)14-10-9-13-16-11-7-6-8-12-16;/h6-8,11-13,17H,10,14-15H2,1-5H3;/q-1;+1/t17-;/m0./s1. The van der Waals surface area contributed by atoms with Crippen molar-refractivity contribution in [2.24, 2.45) is 0 Å². The van der Waals surface area contributed by atoms with Crippen LogP contribution in [0.15, 0.2) is 30.3 Å². The van der Waals surface area contributed by atoms with Crippen molar-refractivity contribution < 1.29 is 33.1 Å². The maximum absolute atomic E-state index is 12.5. The largest absolute Gasteiger partial charge is 1.00 e. The molecule has 1 aromatic carbocycles. The van der Waals surface area contributed by atoms with Crippen LogP contribution in [0.5, 0.6) is 0 Å². The third-order valence-electron chi connectivity index (χ3n) is 3.85. The van der Waals surface area contributed by atoms with Gasteiger partial charge in [0.2, 0.25) is 0 Å². The Labute approximate surface area is 163 Å². The molecule has 1 aromatic rings. The van der Waals surface area contributed by atoms with Crippen molar-refractivity contribution in [1.29, 1.82) is 0 Å². The average molecular weight is 337 g/mol. The van der Waals surface area contributed by atoms with Crippen LogP contribution < -0.4 is 18.9 Å². The van der Waals surface area contributed by atoms with Gasteiger partial charge in [-0.1, -0.05) is 18.2 Å². The first-order valence-corrected chi connectivity index (χ1v) is 8.47. The fourth-order valence-electron chi connectivity index (χ4n) is 2.77. The van der Waals surface area contributed by atoms with E-state index in [1.807, 2.05) is 71.0 Å². The van der Waals surface area contributed by atoms with E-state index in [1.54, 1.807) is 4.90 Å². The van der Waals surface area contributed by atoms with Crippen LogP contribution in [0.4, 0.5) is 4.79 Å². The number of hydrogen-bond donors (Lipinski definition) is 0. The summed E-state index contributed by atoms with van der Waals surface area (Å²) in [4.78, 5) is 14.3. The summed E-state index contributed by atoms with van der Waals surface area (Å²) in [6.07, 6.45) is 6.53. The number of carbonyl (C=O) groups is 1. The zero-order chi connectivity index (χ0) is 17.8. The van der Waals surface area contributed by atoms with Gasteiger partial charge in [0.1, 0.15) is 11.3 Å². The van der Waals surface area contributed by atoms with Gasteiger partial charge in [0, 0.05) is 0 Å². The summed E-state index contributed by atoms with van der Waals surface area (Å²) in [7, 11) is 0. The summed E-state index contributed by atoms with van der Waals surface area (Å²) in [5.74, 6) is 0. The van der Waals surface area contributed by atoms with E-state index in [1.165, 1.54) is 0 Å². The Morgan fingerprint density at radius 2 is 2.00 bits per heavy atom. The molecule has 0 N–H and O–H groups in total. The quantitative estimate of drug-likeness (QED) is 0.620. The number of rotatable bonds is 4. The Balaban J connectivity index is 0.00000312. The van der Waals surface area contributed by atoms with Crippen LogP contribution in [0.25, 0.3) is 6.08 Å². The van der Waals surface area contributed by atoms with Gasteiger partial charge in [-0.2, -0.15) is 5.56 Å². The van der Waals surface area contributed by atoms with Gasteiger partial charge in [-0.25, -0.2) is 10.9 Å². The molecular weight excluding hydrogens is 309 g/mol. The molecular formula is C20H28LiNO3. The molecule has 132 valence electrons. The molecule has 0 radical (unpaired) electrons. The van der Waals surface area contributed by atoms with Crippen molar-refractivity contribution in [3.05, 3.63) is 42.0 Å². The molecule has 1 aliphatic rings. The molecule has 0 aliphatic carbocycles. The summed E-state index contributed by atoms with van der Waals surface area (Å²) in [5.41, 5.74) is -0.0278. The summed E-state index contributed by atoms with van der Waals surface area (Å²) in [6.45, 7) is 9.96. The summed E-state index contributed by atoms with van der Waals surface area (Å²) < 4.78 is 11.3. The molecule has 5 heteroatoms. The number of benzene rings is 1. The summed E-state index contributed by atoms with van der Waals surface area (Å²) in [5, 5.41) is 0. The van der Waals surface area contributed by atoms with Gasteiger partial charge in [-0.3, -0.25) is 11.0 Å². The van der Waals surface area contributed by atoms with Crippen molar-refractivity contribution in [3.63, 3.8) is 0 Å². The molecule has 1 saturated heterocycles. The van der Waals surface area contributed by atoms with Gasteiger partial charge >= 0.3 is 25.0 Å². The summed E-state index contributed by atoms with van der Waals surface area (Å²) in [6, 6.07) is 10.1. The second-order valence-electron chi connectivity index (χ2n) is 7.56. The Bertz CT molecular complexity index is 578. The van der Waals surface area contributed by atoms with E-state index in [0.717, 1.165) is 18.4 Å². The predicted molar refractivity (Wildman–Crippen MR) is 95.3 cm³/mol. The first-order chi connectivity index (χ1) is 11.2. The monoisotopic (exact) mass is 337 g/mol. The second-order valence-corrected chi connectivity index (χ2v) is 7.56. The minimum atomic E-state index is -0.643. The van der Waals surface area contributed by atoms with Gasteiger partial charge in [-0.05, 0) is 41.0 Å². The van der Waals surface area contributed by atoms with Crippen LogP contribution >= 0.6 is 0 Å². The van der Waals surface area contributed by atoms with Crippen molar-refractivity contribution >= 4 is 12.2 Å². The first kappa shape index (κ1) is 21.8. The van der Waals surface area contributed by atoms with Crippen molar-refractivity contribution in [2.75, 3.05) is 6.61 Å². The smallest absolute Gasteiger partial charge is 0.444 e. The molecule has 1 amide bonds. The number of hydrogen-bond acceptors (Lipinski definition) is 3. The number of amides is 1. The normalized spacial score (nSPS) is 19.7.